The van der Waals surface area contributed by atoms with Crippen molar-refractivity contribution in [3.8, 4) is 0 Å². The number of Topliss-reactive ketones (excluding diaryl/α,β-unsaturated/α-hetero) is 1. The van der Waals surface area contributed by atoms with Crippen molar-refractivity contribution in [2.75, 3.05) is 6.54 Å². The quantitative estimate of drug-likeness (QED) is 0.246. The molecule has 5 rings (SSSR count). The van der Waals surface area contributed by atoms with E-state index in [-0.39, 0.29) is 52.7 Å². The van der Waals surface area contributed by atoms with Crippen LogP contribution in [0.25, 0.3) is 0 Å². The monoisotopic (exact) mass is 683 g/mol. The molecule has 0 spiro atoms. The van der Waals surface area contributed by atoms with E-state index in [1.807, 2.05) is 48.5 Å². The lowest BCUT2D eigenvalue weighted by Crippen LogP contribution is -2.63. The first-order valence-corrected chi connectivity index (χ1v) is 18.2. The second kappa shape index (κ2) is 12.3. The Morgan fingerprint density at radius 3 is 2.17 bits per heavy atom. The summed E-state index contributed by atoms with van der Waals surface area (Å²) in [4.78, 5) is 69.6. The van der Waals surface area contributed by atoms with E-state index < -0.39 is 68.8 Å². The van der Waals surface area contributed by atoms with Crippen LogP contribution in [0.5, 0.6) is 0 Å². The standard InChI is InChI=1S/C35H49N5O7S/c1-9-21-17-35(21,31(44)39-48(46,47)22-13-11-10-12-14-22)38-29(42)26-24-23(34(24,7)8)18-40(26)30(43)28(33(4,5)6)37-32(45)36-25(19(2)3)27(41)20-15-16-20/h9-14,19-21,23-26,28H,1,15-18H2,2-8H3,(H,38,42)(H,39,44)(H2,36,37,45)/t21?,23?,24?,25?,26?,28-,35-/m1/s1. The van der Waals surface area contributed by atoms with Crippen molar-refractivity contribution >= 4 is 39.6 Å². The van der Waals surface area contributed by atoms with E-state index in [0.717, 1.165) is 12.8 Å². The molecule has 7 atom stereocenters. The van der Waals surface area contributed by atoms with E-state index in [1.165, 1.54) is 23.1 Å². The second-order valence-electron chi connectivity index (χ2n) is 16.0. The van der Waals surface area contributed by atoms with Crippen LogP contribution in [-0.4, -0.2) is 73.1 Å². The average Bonchev–Trinajstić information content (AvgIpc) is 3.96. The van der Waals surface area contributed by atoms with Gasteiger partial charge in [0.2, 0.25) is 11.8 Å². The van der Waals surface area contributed by atoms with Crippen molar-refractivity contribution in [2.45, 2.75) is 96.3 Å². The lowest BCUT2D eigenvalue weighted by Gasteiger charge is -2.38. The van der Waals surface area contributed by atoms with Gasteiger partial charge in [-0.3, -0.25) is 19.2 Å². The van der Waals surface area contributed by atoms with Crippen LogP contribution in [-0.2, 0) is 29.2 Å². The van der Waals surface area contributed by atoms with Crippen LogP contribution in [0, 0.1) is 40.4 Å². The molecule has 5 unspecified atom stereocenters. The van der Waals surface area contributed by atoms with E-state index in [2.05, 4.69) is 27.3 Å². The van der Waals surface area contributed by atoms with Crippen molar-refractivity contribution in [1.29, 1.82) is 0 Å². The number of ketones is 1. The number of carbonyl (C=O) groups is 5. The van der Waals surface area contributed by atoms with E-state index in [1.54, 1.807) is 18.2 Å². The second-order valence-corrected chi connectivity index (χ2v) is 17.6. The number of nitrogens with zero attached hydrogens (tertiary/aromatic N) is 1. The van der Waals surface area contributed by atoms with Gasteiger partial charge < -0.3 is 20.9 Å². The van der Waals surface area contributed by atoms with Gasteiger partial charge >= 0.3 is 6.03 Å². The number of hydrogen-bond acceptors (Lipinski definition) is 7. The Bertz CT molecular complexity index is 1610. The molecule has 1 aromatic carbocycles. The maximum absolute atomic E-state index is 14.3. The Morgan fingerprint density at radius 1 is 1.02 bits per heavy atom. The van der Waals surface area contributed by atoms with Crippen molar-refractivity contribution in [3.63, 3.8) is 0 Å². The number of carbonyl (C=O) groups excluding carboxylic acids is 5. The summed E-state index contributed by atoms with van der Waals surface area (Å²) in [6.07, 6.45) is 3.28. The number of nitrogens with one attached hydrogen (secondary N) is 4. The Morgan fingerprint density at radius 2 is 1.65 bits per heavy atom. The molecule has 4 N–H and O–H groups in total. The molecular weight excluding hydrogens is 634 g/mol. The number of fused-ring (bicyclic) bond motifs is 1. The minimum absolute atomic E-state index is 0.00942. The highest BCUT2D eigenvalue weighted by molar-refractivity contribution is 7.90. The van der Waals surface area contributed by atoms with Gasteiger partial charge in [0, 0.05) is 18.4 Å². The van der Waals surface area contributed by atoms with Gasteiger partial charge in [0.1, 0.15) is 17.6 Å². The van der Waals surface area contributed by atoms with Crippen LogP contribution in [0.2, 0.25) is 0 Å². The van der Waals surface area contributed by atoms with Crippen LogP contribution >= 0.6 is 0 Å². The molecule has 0 aromatic heterocycles. The molecular formula is C35H49N5O7S. The zero-order valence-corrected chi connectivity index (χ0v) is 29.6. The third-order valence-electron chi connectivity index (χ3n) is 10.7. The Labute approximate surface area is 283 Å². The minimum atomic E-state index is -4.21. The molecule has 13 heteroatoms. The van der Waals surface area contributed by atoms with Gasteiger partial charge in [0.15, 0.2) is 5.78 Å². The SMILES string of the molecule is C=CC1C[C@]1(NC(=O)C1C2C(CN1C(=O)[C@@H](NC(=O)NC(C(=O)C1CC1)C(C)C)C(C)(C)C)C2(C)C)C(=O)NS(=O)(=O)c1ccccc1. The van der Waals surface area contributed by atoms with Crippen molar-refractivity contribution < 1.29 is 32.4 Å². The zero-order valence-electron chi connectivity index (χ0n) is 28.8. The maximum atomic E-state index is 14.3. The fourth-order valence-electron chi connectivity index (χ4n) is 7.33. The third-order valence-corrected chi connectivity index (χ3v) is 12.1. The topological polar surface area (TPSA) is 171 Å². The molecule has 1 heterocycles. The molecule has 4 aliphatic rings. The third kappa shape index (κ3) is 6.62. The van der Waals surface area contributed by atoms with Crippen LogP contribution in [0.4, 0.5) is 4.79 Å². The zero-order chi connectivity index (χ0) is 35.6. The van der Waals surface area contributed by atoms with Crippen LogP contribution in [0.15, 0.2) is 47.9 Å². The first-order chi connectivity index (χ1) is 22.3. The highest BCUT2D eigenvalue weighted by Gasteiger charge is 2.71. The van der Waals surface area contributed by atoms with Gasteiger partial charge in [0.25, 0.3) is 15.9 Å². The molecule has 1 saturated heterocycles. The number of likely N-dealkylation sites (tertiary alicyclic amines) is 1. The highest BCUT2D eigenvalue weighted by atomic mass is 32.2. The van der Waals surface area contributed by atoms with Crippen LogP contribution in [0.1, 0.15) is 67.7 Å². The van der Waals surface area contributed by atoms with Crippen molar-refractivity contribution in [1.82, 2.24) is 25.6 Å². The summed E-state index contributed by atoms with van der Waals surface area (Å²) in [5, 5.41) is 8.43. The minimum Gasteiger partial charge on any atom is -0.339 e. The van der Waals surface area contributed by atoms with E-state index in [4.69, 9.17) is 0 Å². The molecule has 5 amide bonds. The molecule has 1 aliphatic heterocycles. The van der Waals surface area contributed by atoms with E-state index >= 15 is 0 Å². The Balaban J connectivity index is 1.35. The van der Waals surface area contributed by atoms with Crippen LogP contribution in [0.3, 0.4) is 0 Å². The first kappa shape index (κ1) is 35.6. The fourth-order valence-corrected chi connectivity index (χ4v) is 8.39. The molecule has 4 fully saturated rings. The highest BCUT2D eigenvalue weighted by Crippen LogP contribution is 2.65. The number of rotatable bonds is 12. The number of amides is 5. The summed E-state index contributed by atoms with van der Waals surface area (Å²) in [5.74, 6) is -2.78. The first-order valence-electron chi connectivity index (χ1n) is 16.7. The van der Waals surface area contributed by atoms with E-state index in [0.29, 0.717) is 0 Å². The van der Waals surface area contributed by atoms with Crippen LogP contribution < -0.4 is 20.7 Å². The molecule has 3 saturated carbocycles. The van der Waals surface area contributed by atoms with Crippen molar-refractivity contribution in [2.24, 2.45) is 40.4 Å². The van der Waals surface area contributed by atoms with Gasteiger partial charge in [0.05, 0.1) is 10.9 Å². The summed E-state index contributed by atoms with van der Waals surface area (Å²) in [5.41, 5.74) is -2.56. The van der Waals surface area contributed by atoms with E-state index in [9.17, 15) is 32.4 Å². The smallest absolute Gasteiger partial charge is 0.316 e. The summed E-state index contributed by atoms with van der Waals surface area (Å²) in [6, 6.07) is 4.16. The fraction of sp³-hybridized carbons (Fsp3) is 0.629. The number of benzene rings is 1. The Kier molecular flexibility index (Phi) is 9.11. The summed E-state index contributed by atoms with van der Waals surface area (Å²) >= 11 is 0. The summed E-state index contributed by atoms with van der Waals surface area (Å²) in [6.45, 7) is 17.3. The summed E-state index contributed by atoms with van der Waals surface area (Å²) in [7, 11) is -4.21. The van der Waals surface area contributed by atoms with Crippen molar-refractivity contribution in [3.05, 3.63) is 43.0 Å². The van der Waals surface area contributed by atoms with Gasteiger partial charge in [-0.05, 0) is 60.0 Å². The molecule has 3 aliphatic carbocycles. The normalized spacial score (nSPS) is 28.4. The van der Waals surface area contributed by atoms with Gasteiger partial charge in [-0.1, -0.05) is 72.7 Å². The molecule has 0 radical (unpaired) electrons. The van der Waals surface area contributed by atoms with Gasteiger partial charge in [-0.15, -0.1) is 6.58 Å². The number of piperidine rings is 1. The Hall–Kier alpha value is -3.74. The predicted octanol–water partition coefficient (Wildman–Crippen LogP) is 2.75. The molecule has 0 bridgehead atoms. The lowest BCUT2D eigenvalue weighted by molar-refractivity contribution is -0.144. The molecule has 48 heavy (non-hydrogen) atoms. The number of urea groups is 1. The number of sulfonamides is 1. The maximum Gasteiger partial charge on any atom is 0.316 e. The summed E-state index contributed by atoms with van der Waals surface area (Å²) < 4.78 is 28.1. The molecule has 12 nitrogen and oxygen atoms in total. The average molecular weight is 684 g/mol. The van der Waals surface area contributed by atoms with Gasteiger partial charge in [-0.2, -0.15) is 0 Å². The molecule has 262 valence electrons. The number of hydrogen-bond donors (Lipinski definition) is 4. The molecule has 1 aromatic rings. The largest absolute Gasteiger partial charge is 0.339 e. The van der Waals surface area contributed by atoms with Gasteiger partial charge in [-0.25, -0.2) is 17.9 Å². The predicted molar refractivity (Wildman–Crippen MR) is 178 cm³/mol. The lowest BCUT2D eigenvalue weighted by atomic mass is 9.85.